The molecule has 0 saturated carbocycles. The molecule has 4 rings (SSSR count). The van der Waals surface area contributed by atoms with E-state index in [0.717, 1.165) is 39.0 Å². The normalized spacial score (nSPS) is 20.1. The molecule has 7 nitrogen and oxygen atoms in total. The quantitative estimate of drug-likeness (QED) is 0.864. The highest BCUT2D eigenvalue weighted by Crippen LogP contribution is 2.25. The number of hydrogen-bond donors (Lipinski definition) is 1. The zero-order valence-corrected chi connectivity index (χ0v) is 16.4. The second kappa shape index (κ2) is 9.19. The average molecular weight is 383 g/mol. The molecule has 2 aliphatic rings. The van der Waals surface area contributed by atoms with Crippen molar-refractivity contribution in [2.75, 3.05) is 32.7 Å². The Morgan fingerprint density at radius 2 is 1.68 bits per heavy atom. The fourth-order valence-electron chi connectivity index (χ4n) is 4.42. The van der Waals surface area contributed by atoms with Crippen LogP contribution in [0, 0.1) is 0 Å². The first-order chi connectivity index (χ1) is 13.8. The van der Waals surface area contributed by atoms with Gasteiger partial charge in [-0.1, -0.05) is 36.8 Å². The van der Waals surface area contributed by atoms with Crippen molar-refractivity contribution < 1.29 is 4.79 Å². The third-order valence-electron chi connectivity index (χ3n) is 6.07. The summed E-state index contributed by atoms with van der Waals surface area (Å²) in [7, 11) is 0. The van der Waals surface area contributed by atoms with E-state index in [1.54, 1.807) is 12.7 Å². The molecule has 0 bridgehead atoms. The minimum absolute atomic E-state index is 0.0557. The Morgan fingerprint density at radius 1 is 1.00 bits per heavy atom. The maximum Gasteiger partial charge on any atom is 0.317 e. The molecule has 0 radical (unpaired) electrons. The molecular weight excluding hydrogens is 352 g/mol. The molecule has 1 aromatic heterocycles. The van der Waals surface area contributed by atoms with E-state index in [4.69, 9.17) is 0 Å². The van der Waals surface area contributed by atoms with Gasteiger partial charge in [-0.2, -0.15) is 0 Å². The lowest BCUT2D eigenvalue weighted by Crippen LogP contribution is -2.47. The Kier molecular flexibility index (Phi) is 6.21. The third-order valence-corrected chi connectivity index (χ3v) is 6.07. The zero-order chi connectivity index (χ0) is 19.2. The maximum absolute atomic E-state index is 12.8. The van der Waals surface area contributed by atoms with Crippen LogP contribution in [0.3, 0.4) is 0 Å². The Bertz CT molecular complexity index is 721. The Balaban J connectivity index is 1.32. The van der Waals surface area contributed by atoms with E-state index < -0.39 is 0 Å². The number of nitrogens with zero attached hydrogens (tertiary/aromatic N) is 5. The molecule has 3 heterocycles. The van der Waals surface area contributed by atoms with Crippen molar-refractivity contribution in [2.24, 2.45) is 0 Å². The molecular formula is C21H30N6O. The average Bonchev–Trinajstić information content (AvgIpc) is 3.30. The predicted molar refractivity (Wildman–Crippen MR) is 108 cm³/mol. The van der Waals surface area contributed by atoms with Gasteiger partial charge in [-0.15, -0.1) is 10.2 Å². The molecule has 28 heavy (non-hydrogen) atoms. The first-order valence-corrected chi connectivity index (χ1v) is 10.5. The lowest BCUT2D eigenvalue weighted by atomic mass is 10.0. The molecule has 0 aliphatic carbocycles. The van der Waals surface area contributed by atoms with E-state index in [2.05, 4.69) is 55.3 Å². The fourth-order valence-corrected chi connectivity index (χ4v) is 4.42. The van der Waals surface area contributed by atoms with Crippen LogP contribution in [-0.4, -0.2) is 63.3 Å². The molecule has 7 heteroatoms. The summed E-state index contributed by atoms with van der Waals surface area (Å²) in [6, 6.07) is 11.3. The van der Waals surface area contributed by atoms with Crippen LogP contribution < -0.4 is 5.32 Å². The molecule has 150 valence electrons. The molecule has 2 amide bonds. The van der Waals surface area contributed by atoms with Crippen molar-refractivity contribution in [3.63, 3.8) is 0 Å². The molecule has 1 aromatic carbocycles. The number of rotatable bonds is 5. The Labute approximate surface area is 166 Å². The predicted octanol–water partition coefficient (Wildman–Crippen LogP) is 2.85. The van der Waals surface area contributed by atoms with Crippen LogP contribution >= 0.6 is 0 Å². The van der Waals surface area contributed by atoms with Crippen molar-refractivity contribution in [3.05, 3.63) is 48.5 Å². The van der Waals surface area contributed by atoms with Gasteiger partial charge in [0.05, 0.1) is 6.04 Å². The largest absolute Gasteiger partial charge is 0.336 e. The first-order valence-electron chi connectivity index (χ1n) is 10.5. The Hall–Kier alpha value is -2.41. The maximum atomic E-state index is 12.8. The van der Waals surface area contributed by atoms with Gasteiger partial charge in [0.25, 0.3) is 0 Å². The van der Waals surface area contributed by atoms with Gasteiger partial charge >= 0.3 is 6.03 Å². The van der Waals surface area contributed by atoms with E-state index in [-0.39, 0.29) is 12.1 Å². The number of carbonyl (C=O) groups is 1. The highest BCUT2D eigenvalue weighted by Gasteiger charge is 2.26. The van der Waals surface area contributed by atoms with Crippen LogP contribution in [0.15, 0.2) is 43.0 Å². The molecule has 0 unspecified atom stereocenters. The molecule has 1 atom stereocenters. The summed E-state index contributed by atoms with van der Waals surface area (Å²) in [5, 5.41) is 11.0. The zero-order valence-electron chi connectivity index (χ0n) is 16.4. The third kappa shape index (κ3) is 4.52. The second-order valence-electron chi connectivity index (χ2n) is 7.84. The van der Waals surface area contributed by atoms with Gasteiger partial charge in [-0.25, -0.2) is 4.79 Å². The minimum Gasteiger partial charge on any atom is -0.336 e. The van der Waals surface area contributed by atoms with Gasteiger partial charge in [0.15, 0.2) is 0 Å². The van der Waals surface area contributed by atoms with Gasteiger partial charge < -0.3 is 14.8 Å². The van der Waals surface area contributed by atoms with Crippen molar-refractivity contribution in [2.45, 2.75) is 44.2 Å². The molecule has 2 aromatic rings. The lowest BCUT2D eigenvalue weighted by molar-refractivity contribution is 0.148. The van der Waals surface area contributed by atoms with Crippen molar-refractivity contribution >= 4 is 6.03 Å². The van der Waals surface area contributed by atoms with Gasteiger partial charge in [-0.05, 0) is 44.3 Å². The fraction of sp³-hybridized carbons (Fsp3) is 0.571. The van der Waals surface area contributed by atoms with Crippen LogP contribution in [0.1, 0.15) is 49.8 Å². The number of nitrogens with one attached hydrogen (secondary N) is 1. The summed E-state index contributed by atoms with van der Waals surface area (Å²) in [6.45, 7) is 4.43. The molecule has 2 saturated heterocycles. The van der Waals surface area contributed by atoms with Crippen LogP contribution in [0.5, 0.6) is 0 Å². The van der Waals surface area contributed by atoms with Crippen LogP contribution in [-0.2, 0) is 0 Å². The molecule has 1 N–H and O–H groups in total. The van der Waals surface area contributed by atoms with Crippen LogP contribution in [0.2, 0.25) is 0 Å². The number of carbonyl (C=O) groups excluding carboxylic acids is 1. The summed E-state index contributed by atoms with van der Waals surface area (Å²) >= 11 is 0. The van der Waals surface area contributed by atoms with E-state index in [0.29, 0.717) is 12.6 Å². The van der Waals surface area contributed by atoms with E-state index in [1.165, 1.54) is 24.8 Å². The highest BCUT2D eigenvalue weighted by molar-refractivity contribution is 5.74. The number of piperidine rings is 2. The number of likely N-dealkylation sites (tertiary alicyclic amines) is 2. The standard InChI is InChI=1S/C21H30N6O/c28-21(26-13-9-19(10-14-26)27-16-23-24-17-27)22-15-20(18-7-3-1-4-8-18)25-11-5-2-6-12-25/h1,3-4,7-8,16-17,19-20H,2,5-6,9-15H2,(H,22,28)/t20-/m1/s1. The summed E-state index contributed by atoms with van der Waals surface area (Å²) in [6.07, 6.45) is 9.22. The van der Waals surface area contributed by atoms with Gasteiger partial charge in [-0.3, -0.25) is 4.90 Å². The van der Waals surface area contributed by atoms with Crippen molar-refractivity contribution in [1.82, 2.24) is 29.9 Å². The summed E-state index contributed by atoms with van der Waals surface area (Å²) in [5.41, 5.74) is 1.29. The van der Waals surface area contributed by atoms with Crippen LogP contribution in [0.4, 0.5) is 4.79 Å². The topological polar surface area (TPSA) is 66.3 Å². The summed E-state index contributed by atoms with van der Waals surface area (Å²) < 4.78 is 2.05. The van der Waals surface area contributed by atoms with Gasteiger partial charge in [0.2, 0.25) is 0 Å². The summed E-state index contributed by atoms with van der Waals surface area (Å²) in [5.74, 6) is 0. The number of amides is 2. The Morgan fingerprint density at radius 3 is 2.36 bits per heavy atom. The van der Waals surface area contributed by atoms with E-state index in [9.17, 15) is 4.79 Å². The van der Waals surface area contributed by atoms with Gasteiger partial charge in [0.1, 0.15) is 12.7 Å². The lowest BCUT2D eigenvalue weighted by Gasteiger charge is -2.36. The van der Waals surface area contributed by atoms with Crippen molar-refractivity contribution in [1.29, 1.82) is 0 Å². The smallest absolute Gasteiger partial charge is 0.317 e. The van der Waals surface area contributed by atoms with Gasteiger partial charge in [0, 0.05) is 25.7 Å². The first kappa shape index (κ1) is 18.9. The summed E-state index contributed by atoms with van der Waals surface area (Å²) in [4.78, 5) is 17.2. The number of benzene rings is 1. The monoisotopic (exact) mass is 382 g/mol. The van der Waals surface area contributed by atoms with E-state index in [1.807, 2.05) is 4.90 Å². The number of aromatic nitrogens is 3. The SMILES string of the molecule is O=C(NC[C@H](c1ccccc1)N1CCCCC1)N1CCC(n2cnnc2)CC1. The molecule has 0 spiro atoms. The number of hydrogen-bond acceptors (Lipinski definition) is 4. The molecule has 2 fully saturated rings. The minimum atomic E-state index is 0.0557. The van der Waals surface area contributed by atoms with E-state index >= 15 is 0 Å². The molecule has 2 aliphatic heterocycles. The number of urea groups is 1. The highest BCUT2D eigenvalue weighted by atomic mass is 16.2. The second-order valence-corrected chi connectivity index (χ2v) is 7.84. The van der Waals surface area contributed by atoms with Crippen LogP contribution in [0.25, 0.3) is 0 Å². The van der Waals surface area contributed by atoms with Crippen molar-refractivity contribution in [3.8, 4) is 0 Å².